The highest BCUT2D eigenvalue weighted by Gasteiger charge is 2.52. The Balaban J connectivity index is 1.76. The lowest BCUT2D eigenvalue weighted by atomic mass is 9.78. The second-order valence-electron chi connectivity index (χ2n) is 6.50. The monoisotopic (exact) mass is 255 g/mol. The summed E-state index contributed by atoms with van der Waals surface area (Å²) in [6, 6.07) is 0.647. The summed E-state index contributed by atoms with van der Waals surface area (Å²) in [6.07, 6.45) is 7.49. The van der Waals surface area contributed by atoms with E-state index in [2.05, 4.69) is 37.8 Å². The first kappa shape index (κ1) is 13.7. The molecule has 100 valence electrons. The highest BCUT2D eigenvalue weighted by atomic mass is 32.2. The first-order valence-electron chi connectivity index (χ1n) is 7.46. The number of hydrogen-bond acceptors (Lipinski definition) is 2. The maximum absolute atomic E-state index is 3.70. The van der Waals surface area contributed by atoms with E-state index in [1.807, 2.05) is 0 Å². The van der Waals surface area contributed by atoms with Gasteiger partial charge in [-0.25, -0.2) is 0 Å². The predicted molar refractivity (Wildman–Crippen MR) is 78.6 cm³/mol. The fourth-order valence-corrected chi connectivity index (χ4v) is 4.19. The van der Waals surface area contributed by atoms with Crippen LogP contribution in [0.2, 0.25) is 0 Å². The standard InChI is InChI=1S/C15H29NS/c1-4-17-7-5-6-15(11-16-12(2)3)9-13-8-14(13)10-15/h12-14,16H,4-11H2,1-3H3. The lowest BCUT2D eigenvalue weighted by Crippen LogP contribution is -2.37. The Kier molecular flexibility index (Phi) is 4.82. The van der Waals surface area contributed by atoms with E-state index in [1.54, 1.807) is 6.42 Å². The lowest BCUT2D eigenvalue weighted by Gasteiger charge is -2.32. The van der Waals surface area contributed by atoms with Gasteiger partial charge in [0.1, 0.15) is 0 Å². The smallest absolute Gasteiger partial charge is 0.00106 e. The van der Waals surface area contributed by atoms with Crippen LogP contribution >= 0.6 is 11.8 Å². The van der Waals surface area contributed by atoms with Crippen LogP contribution in [-0.2, 0) is 0 Å². The fourth-order valence-electron chi connectivity index (χ4n) is 3.56. The van der Waals surface area contributed by atoms with Crippen molar-refractivity contribution in [2.75, 3.05) is 18.1 Å². The van der Waals surface area contributed by atoms with E-state index < -0.39 is 0 Å². The molecule has 1 nitrogen and oxygen atoms in total. The molecule has 2 heteroatoms. The maximum Gasteiger partial charge on any atom is 0.00106 e. The van der Waals surface area contributed by atoms with Crippen LogP contribution in [0.25, 0.3) is 0 Å². The summed E-state index contributed by atoms with van der Waals surface area (Å²) < 4.78 is 0. The van der Waals surface area contributed by atoms with Gasteiger partial charge in [-0.1, -0.05) is 20.8 Å². The van der Waals surface area contributed by atoms with Crippen LogP contribution in [-0.4, -0.2) is 24.1 Å². The molecule has 0 heterocycles. The van der Waals surface area contributed by atoms with Crippen molar-refractivity contribution in [1.82, 2.24) is 5.32 Å². The molecule has 0 radical (unpaired) electrons. The average molecular weight is 255 g/mol. The molecule has 2 atom stereocenters. The summed E-state index contributed by atoms with van der Waals surface area (Å²) in [6.45, 7) is 8.09. The van der Waals surface area contributed by atoms with E-state index in [-0.39, 0.29) is 0 Å². The van der Waals surface area contributed by atoms with Crippen molar-refractivity contribution in [3.63, 3.8) is 0 Å². The minimum Gasteiger partial charge on any atom is -0.314 e. The van der Waals surface area contributed by atoms with E-state index in [1.165, 1.54) is 43.7 Å². The van der Waals surface area contributed by atoms with Crippen LogP contribution in [0.5, 0.6) is 0 Å². The molecule has 0 saturated heterocycles. The number of thioether (sulfide) groups is 1. The van der Waals surface area contributed by atoms with Crippen molar-refractivity contribution in [3.05, 3.63) is 0 Å². The summed E-state index contributed by atoms with van der Waals surface area (Å²) in [5.74, 6) is 4.88. The predicted octanol–water partition coefficient (Wildman–Crippen LogP) is 3.93. The molecule has 1 N–H and O–H groups in total. The van der Waals surface area contributed by atoms with Crippen LogP contribution in [0.1, 0.15) is 52.9 Å². The largest absolute Gasteiger partial charge is 0.314 e. The number of fused-ring (bicyclic) bond motifs is 1. The molecule has 0 aromatic carbocycles. The van der Waals surface area contributed by atoms with Crippen LogP contribution in [0.4, 0.5) is 0 Å². The van der Waals surface area contributed by atoms with Crippen molar-refractivity contribution < 1.29 is 0 Å². The van der Waals surface area contributed by atoms with Gasteiger partial charge in [-0.3, -0.25) is 0 Å². The Hall–Kier alpha value is 0.310. The van der Waals surface area contributed by atoms with Gasteiger partial charge in [0.15, 0.2) is 0 Å². The summed E-state index contributed by atoms with van der Waals surface area (Å²) in [4.78, 5) is 0. The van der Waals surface area contributed by atoms with Gasteiger partial charge in [-0.05, 0) is 60.9 Å². The van der Waals surface area contributed by atoms with Crippen LogP contribution in [0.15, 0.2) is 0 Å². The molecule has 17 heavy (non-hydrogen) atoms. The van der Waals surface area contributed by atoms with E-state index >= 15 is 0 Å². The van der Waals surface area contributed by atoms with E-state index in [4.69, 9.17) is 0 Å². The molecule has 0 aliphatic heterocycles. The molecular formula is C15H29NS. The third-order valence-corrected chi connectivity index (χ3v) is 5.53. The van der Waals surface area contributed by atoms with Crippen molar-refractivity contribution in [3.8, 4) is 0 Å². The van der Waals surface area contributed by atoms with Gasteiger partial charge in [-0.15, -0.1) is 0 Å². The zero-order chi connectivity index (χ0) is 12.3. The molecule has 0 bridgehead atoms. The quantitative estimate of drug-likeness (QED) is 0.660. The van der Waals surface area contributed by atoms with Crippen molar-refractivity contribution in [2.45, 2.75) is 58.9 Å². The molecule has 2 aliphatic carbocycles. The Bertz CT molecular complexity index is 229. The molecule has 2 unspecified atom stereocenters. The van der Waals surface area contributed by atoms with E-state index in [0.29, 0.717) is 11.5 Å². The van der Waals surface area contributed by atoms with Crippen LogP contribution in [0, 0.1) is 17.3 Å². The summed E-state index contributed by atoms with van der Waals surface area (Å²) >= 11 is 2.11. The molecule has 2 rings (SSSR count). The molecule has 2 fully saturated rings. The minimum atomic E-state index is 0.647. The van der Waals surface area contributed by atoms with Gasteiger partial charge in [0.05, 0.1) is 0 Å². The zero-order valence-corrected chi connectivity index (χ0v) is 12.6. The van der Waals surface area contributed by atoms with Gasteiger partial charge in [0.25, 0.3) is 0 Å². The molecule has 0 amide bonds. The Morgan fingerprint density at radius 1 is 1.29 bits per heavy atom. The lowest BCUT2D eigenvalue weighted by molar-refractivity contribution is 0.222. The second-order valence-corrected chi connectivity index (χ2v) is 7.89. The highest BCUT2D eigenvalue weighted by molar-refractivity contribution is 7.99. The fraction of sp³-hybridized carbons (Fsp3) is 1.00. The number of rotatable bonds is 8. The van der Waals surface area contributed by atoms with Gasteiger partial charge in [-0.2, -0.15) is 11.8 Å². The van der Waals surface area contributed by atoms with Gasteiger partial charge in [0, 0.05) is 12.6 Å². The molecule has 0 aromatic heterocycles. The molecule has 0 spiro atoms. The third kappa shape index (κ3) is 3.89. The summed E-state index contributed by atoms with van der Waals surface area (Å²) in [5, 5.41) is 3.70. The van der Waals surface area contributed by atoms with Crippen molar-refractivity contribution >= 4 is 11.8 Å². The average Bonchev–Trinajstić information content (AvgIpc) is 2.91. The number of hydrogen-bond donors (Lipinski definition) is 1. The van der Waals surface area contributed by atoms with E-state index in [0.717, 1.165) is 11.8 Å². The first-order chi connectivity index (χ1) is 8.15. The molecular weight excluding hydrogens is 226 g/mol. The first-order valence-corrected chi connectivity index (χ1v) is 8.62. The highest BCUT2D eigenvalue weighted by Crippen LogP contribution is 2.61. The molecule has 2 saturated carbocycles. The topological polar surface area (TPSA) is 12.0 Å². The van der Waals surface area contributed by atoms with Crippen molar-refractivity contribution in [1.29, 1.82) is 0 Å². The molecule has 0 aromatic rings. The number of nitrogens with one attached hydrogen (secondary N) is 1. The summed E-state index contributed by atoms with van der Waals surface area (Å²) in [7, 11) is 0. The van der Waals surface area contributed by atoms with Gasteiger partial charge < -0.3 is 5.32 Å². The minimum absolute atomic E-state index is 0.647. The Labute approximate surface area is 112 Å². The van der Waals surface area contributed by atoms with Gasteiger partial charge >= 0.3 is 0 Å². The zero-order valence-electron chi connectivity index (χ0n) is 11.8. The molecule has 2 aliphatic rings. The normalized spacial score (nSPS) is 35.3. The van der Waals surface area contributed by atoms with Gasteiger partial charge in [0.2, 0.25) is 0 Å². The van der Waals surface area contributed by atoms with Crippen molar-refractivity contribution in [2.24, 2.45) is 17.3 Å². The van der Waals surface area contributed by atoms with Crippen LogP contribution < -0.4 is 5.32 Å². The maximum atomic E-state index is 3.70. The Morgan fingerprint density at radius 3 is 2.59 bits per heavy atom. The van der Waals surface area contributed by atoms with E-state index in [9.17, 15) is 0 Å². The Morgan fingerprint density at radius 2 is 2.00 bits per heavy atom. The van der Waals surface area contributed by atoms with Crippen LogP contribution in [0.3, 0.4) is 0 Å². The summed E-state index contributed by atoms with van der Waals surface area (Å²) in [5.41, 5.74) is 0.673. The second kappa shape index (κ2) is 5.97. The third-order valence-electron chi connectivity index (χ3n) is 4.54. The SMILES string of the molecule is CCSCCCC1(CNC(C)C)CC2CC2C1.